The second kappa shape index (κ2) is 3.10. The Morgan fingerprint density at radius 1 is 1.29 bits per heavy atom. The van der Waals surface area contributed by atoms with Crippen molar-refractivity contribution in [1.29, 1.82) is 0 Å². The highest BCUT2D eigenvalue weighted by molar-refractivity contribution is 5.72. The van der Waals surface area contributed by atoms with Crippen LogP contribution >= 0.6 is 0 Å². The van der Waals surface area contributed by atoms with E-state index in [1.807, 2.05) is 45.2 Å². The van der Waals surface area contributed by atoms with Crippen molar-refractivity contribution in [3.05, 3.63) is 30.2 Å². The highest BCUT2D eigenvalue weighted by Crippen LogP contribution is 2.23. The van der Waals surface area contributed by atoms with Gasteiger partial charge in [-0.25, -0.2) is 4.98 Å². The van der Waals surface area contributed by atoms with Gasteiger partial charge in [-0.15, -0.1) is 0 Å². The van der Waals surface area contributed by atoms with Gasteiger partial charge in [0.15, 0.2) is 5.58 Å². The zero-order chi connectivity index (χ0) is 10.2. The lowest BCUT2D eigenvalue weighted by Crippen LogP contribution is -2.33. The van der Waals surface area contributed by atoms with E-state index in [2.05, 4.69) is 10.3 Å². The normalized spacial score (nSPS) is 12.2. The fourth-order valence-electron chi connectivity index (χ4n) is 1.25. The van der Waals surface area contributed by atoms with E-state index in [-0.39, 0.29) is 5.54 Å². The summed E-state index contributed by atoms with van der Waals surface area (Å²) in [5, 5.41) is 3.16. The van der Waals surface area contributed by atoms with Crippen molar-refractivity contribution in [2.45, 2.75) is 19.4 Å². The summed E-state index contributed by atoms with van der Waals surface area (Å²) in [6, 6.07) is 7.79. The Morgan fingerprint density at radius 3 is 2.64 bits per heavy atom. The molecule has 1 aromatic heterocycles. The fraction of sp³-hybridized carbons (Fsp3) is 0.364. The lowest BCUT2D eigenvalue weighted by molar-refractivity contribution is 0.338. The molecule has 0 spiro atoms. The molecular formula is C11H14N2O. The van der Waals surface area contributed by atoms with E-state index in [0.717, 1.165) is 17.0 Å². The van der Waals surface area contributed by atoms with Crippen molar-refractivity contribution >= 4 is 11.1 Å². The average Bonchev–Trinajstić information content (AvgIpc) is 2.61. The molecule has 0 saturated heterocycles. The minimum absolute atomic E-state index is 0.223. The zero-order valence-corrected chi connectivity index (χ0v) is 8.66. The first-order chi connectivity index (χ1) is 6.63. The number of oxazole rings is 1. The minimum Gasteiger partial charge on any atom is -0.439 e. The van der Waals surface area contributed by atoms with Crippen LogP contribution in [0.5, 0.6) is 0 Å². The third kappa shape index (κ3) is 1.40. The van der Waals surface area contributed by atoms with E-state index in [9.17, 15) is 0 Å². The molecule has 0 amide bonds. The van der Waals surface area contributed by atoms with Crippen LogP contribution in [0.25, 0.3) is 11.1 Å². The predicted octanol–water partition coefficient (Wildman–Crippen LogP) is 2.28. The summed E-state index contributed by atoms with van der Waals surface area (Å²) < 4.78 is 5.65. The molecule has 0 bridgehead atoms. The summed E-state index contributed by atoms with van der Waals surface area (Å²) >= 11 is 0. The van der Waals surface area contributed by atoms with Crippen LogP contribution in [-0.2, 0) is 5.54 Å². The molecule has 3 heteroatoms. The number of rotatable bonds is 2. The van der Waals surface area contributed by atoms with Gasteiger partial charge in [0.05, 0.1) is 5.54 Å². The van der Waals surface area contributed by atoms with E-state index in [0.29, 0.717) is 0 Å². The minimum atomic E-state index is -0.223. The SMILES string of the molecule is CNC(C)(C)c1nc2ccccc2o1. The van der Waals surface area contributed by atoms with Gasteiger partial charge in [0.1, 0.15) is 5.52 Å². The molecule has 0 atom stereocenters. The monoisotopic (exact) mass is 190 g/mol. The highest BCUT2D eigenvalue weighted by Gasteiger charge is 2.24. The molecule has 0 aliphatic carbocycles. The van der Waals surface area contributed by atoms with Gasteiger partial charge in [0.2, 0.25) is 5.89 Å². The van der Waals surface area contributed by atoms with Crippen LogP contribution in [0.3, 0.4) is 0 Å². The molecule has 0 radical (unpaired) electrons. The van der Waals surface area contributed by atoms with Gasteiger partial charge < -0.3 is 9.73 Å². The van der Waals surface area contributed by atoms with Crippen molar-refractivity contribution in [3.8, 4) is 0 Å². The highest BCUT2D eigenvalue weighted by atomic mass is 16.4. The molecule has 3 nitrogen and oxygen atoms in total. The topological polar surface area (TPSA) is 38.1 Å². The molecule has 0 aliphatic rings. The number of hydrogen-bond donors (Lipinski definition) is 1. The molecule has 2 aromatic rings. The summed E-state index contributed by atoms with van der Waals surface area (Å²) in [4.78, 5) is 4.43. The first kappa shape index (κ1) is 9.21. The summed E-state index contributed by atoms with van der Waals surface area (Å²) in [5.74, 6) is 0.723. The summed E-state index contributed by atoms with van der Waals surface area (Å²) in [5.41, 5.74) is 1.52. The summed E-state index contributed by atoms with van der Waals surface area (Å²) in [6.45, 7) is 4.08. The number of benzene rings is 1. The van der Waals surface area contributed by atoms with E-state index in [1.165, 1.54) is 0 Å². The third-order valence-corrected chi connectivity index (χ3v) is 2.45. The molecule has 0 unspecified atom stereocenters. The van der Waals surface area contributed by atoms with Gasteiger partial charge in [-0.1, -0.05) is 12.1 Å². The number of para-hydroxylation sites is 2. The number of aromatic nitrogens is 1. The Bertz CT molecular complexity index is 412. The van der Waals surface area contributed by atoms with Crippen molar-refractivity contribution in [2.24, 2.45) is 0 Å². The Morgan fingerprint density at radius 2 is 2.00 bits per heavy atom. The van der Waals surface area contributed by atoms with Gasteiger partial charge in [-0.3, -0.25) is 0 Å². The molecular weight excluding hydrogens is 176 g/mol. The average molecular weight is 190 g/mol. The number of hydrogen-bond acceptors (Lipinski definition) is 3. The van der Waals surface area contributed by atoms with Gasteiger partial charge in [0, 0.05) is 0 Å². The zero-order valence-electron chi connectivity index (χ0n) is 8.66. The molecule has 2 rings (SSSR count). The molecule has 1 aromatic carbocycles. The molecule has 0 saturated carbocycles. The van der Waals surface area contributed by atoms with Crippen molar-refractivity contribution in [2.75, 3.05) is 7.05 Å². The molecule has 74 valence electrons. The second-order valence-corrected chi connectivity index (χ2v) is 3.86. The van der Waals surface area contributed by atoms with Gasteiger partial charge >= 0.3 is 0 Å². The van der Waals surface area contributed by atoms with E-state index < -0.39 is 0 Å². The summed E-state index contributed by atoms with van der Waals surface area (Å²) in [6.07, 6.45) is 0. The summed E-state index contributed by atoms with van der Waals surface area (Å²) in [7, 11) is 1.90. The standard InChI is InChI=1S/C11H14N2O/c1-11(2,12-3)10-13-8-6-4-5-7-9(8)14-10/h4-7,12H,1-3H3. The number of nitrogens with zero attached hydrogens (tertiary/aromatic N) is 1. The third-order valence-electron chi connectivity index (χ3n) is 2.45. The van der Waals surface area contributed by atoms with Crippen LogP contribution in [0, 0.1) is 0 Å². The maximum Gasteiger partial charge on any atom is 0.215 e. The molecule has 1 heterocycles. The van der Waals surface area contributed by atoms with Crippen molar-refractivity contribution < 1.29 is 4.42 Å². The lowest BCUT2D eigenvalue weighted by atomic mass is 10.1. The van der Waals surface area contributed by atoms with E-state index in [1.54, 1.807) is 0 Å². The van der Waals surface area contributed by atoms with Crippen molar-refractivity contribution in [1.82, 2.24) is 10.3 Å². The molecule has 14 heavy (non-hydrogen) atoms. The maximum absolute atomic E-state index is 5.65. The van der Waals surface area contributed by atoms with Crippen LogP contribution in [0.1, 0.15) is 19.7 Å². The molecule has 1 N–H and O–H groups in total. The van der Waals surface area contributed by atoms with Crippen LogP contribution < -0.4 is 5.32 Å². The number of nitrogens with one attached hydrogen (secondary N) is 1. The number of fused-ring (bicyclic) bond motifs is 1. The maximum atomic E-state index is 5.65. The smallest absolute Gasteiger partial charge is 0.215 e. The Hall–Kier alpha value is -1.35. The van der Waals surface area contributed by atoms with Crippen LogP contribution in [0.15, 0.2) is 28.7 Å². The van der Waals surface area contributed by atoms with Gasteiger partial charge in [-0.2, -0.15) is 0 Å². The Labute approximate surface area is 83.1 Å². The Balaban J connectivity index is 2.55. The van der Waals surface area contributed by atoms with E-state index in [4.69, 9.17) is 4.42 Å². The van der Waals surface area contributed by atoms with Crippen LogP contribution in [-0.4, -0.2) is 12.0 Å². The largest absolute Gasteiger partial charge is 0.439 e. The first-order valence-electron chi connectivity index (χ1n) is 4.68. The van der Waals surface area contributed by atoms with Crippen LogP contribution in [0.2, 0.25) is 0 Å². The molecule has 0 aliphatic heterocycles. The van der Waals surface area contributed by atoms with Gasteiger partial charge in [-0.05, 0) is 33.0 Å². The predicted molar refractivity (Wildman–Crippen MR) is 56.1 cm³/mol. The van der Waals surface area contributed by atoms with Crippen LogP contribution in [0.4, 0.5) is 0 Å². The van der Waals surface area contributed by atoms with Crippen molar-refractivity contribution in [3.63, 3.8) is 0 Å². The van der Waals surface area contributed by atoms with E-state index >= 15 is 0 Å². The first-order valence-corrected chi connectivity index (χ1v) is 4.68. The van der Waals surface area contributed by atoms with Gasteiger partial charge in [0.25, 0.3) is 0 Å². The lowest BCUT2D eigenvalue weighted by Gasteiger charge is -2.18. The molecule has 0 fully saturated rings. The fourth-order valence-corrected chi connectivity index (χ4v) is 1.25. The second-order valence-electron chi connectivity index (χ2n) is 3.86. The Kier molecular flexibility index (Phi) is 2.04. The quantitative estimate of drug-likeness (QED) is 0.789.